The van der Waals surface area contributed by atoms with Crippen molar-refractivity contribution in [3.05, 3.63) is 17.0 Å². The summed E-state index contributed by atoms with van der Waals surface area (Å²) in [7, 11) is 0. The van der Waals surface area contributed by atoms with Gasteiger partial charge in [-0.2, -0.15) is 0 Å². The first-order valence-electron chi connectivity index (χ1n) is 8.70. The van der Waals surface area contributed by atoms with Crippen LogP contribution in [0.2, 0.25) is 0 Å². The average Bonchev–Trinajstić information content (AvgIpc) is 2.97. The highest BCUT2D eigenvalue weighted by atomic mass is 35.5. The maximum absolute atomic E-state index is 13.0. The summed E-state index contributed by atoms with van der Waals surface area (Å²) < 4.78 is 5.45. The largest absolute Gasteiger partial charge is 0.350 e. The van der Waals surface area contributed by atoms with Crippen LogP contribution >= 0.6 is 12.4 Å². The van der Waals surface area contributed by atoms with Crippen LogP contribution in [0.15, 0.2) is 4.52 Å². The molecule has 2 N–H and O–H groups in total. The van der Waals surface area contributed by atoms with Crippen LogP contribution in [-0.2, 0) is 12.8 Å². The van der Waals surface area contributed by atoms with Gasteiger partial charge in [-0.25, -0.2) is 0 Å². The van der Waals surface area contributed by atoms with Crippen molar-refractivity contribution in [1.29, 1.82) is 0 Å². The molecule has 0 saturated carbocycles. The molecule has 0 aromatic carbocycles. The highest BCUT2D eigenvalue weighted by Crippen LogP contribution is 2.30. The second kappa shape index (κ2) is 8.15. The molecule has 5 nitrogen and oxygen atoms in total. The molecule has 0 bridgehead atoms. The Morgan fingerprint density at radius 3 is 2.91 bits per heavy atom. The van der Waals surface area contributed by atoms with Crippen LogP contribution in [0.3, 0.4) is 0 Å². The van der Waals surface area contributed by atoms with E-state index in [1.54, 1.807) is 0 Å². The zero-order valence-corrected chi connectivity index (χ0v) is 14.7. The number of hydrogen-bond donors (Lipinski definition) is 1. The third-order valence-corrected chi connectivity index (χ3v) is 5.23. The predicted molar refractivity (Wildman–Crippen MR) is 91.9 cm³/mol. The van der Waals surface area contributed by atoms with E-state index < -0.39 is 0 Å². The number of nitrogens with zero attached hydrogens (tertiary/aromatic N) is 2. The minimum atomic E-state index is 0. The molecule has 2 atom stereocenters. The maximum atomic E-state index is 13.0. The number of halogens is 1. The first kappa shape index (κ1) is 18.3. The average molecular weight is 342 g/mol. The molecule has 1 aromatic heterocycles. The molecule has 1 fully saturated rings. The van der Waals surface area contributed by atoms with Gasteiger partial charge in [0.05, 0.1) is 5.69 Å². The molecular formula is C17H28ClN3O2. The smallest absolute Gasteiger partial charge is 0.293 e. The number of aromatic nitrogens is 1. The molecule has 2 heterocycles. The molecule has 2 aliphatic rings. The summed E-state index contributed by atoms with van der Waals surface area (Å²) in [6.07, 6.45) is 8.35. The summed E-state index contributed by atoms with van der Waals surface area (Å²) in [6.45, 7) is 3.76. The summed E-state index contributed by atoms with van der Waals surface area (Å²) in [4.78, 5) is 15.0. The van der Waals surface area contributed by atoms with Gasteiger partial charge >= 0.3 is 0 Å². The summed E-state index contributed by atoms with van der Waals surface area (Å²) in [6, 6.07) is 0.286. The van der Waals surface area contributed by atoms with Crippen molar-refractivity contribution in [3.8, 4) is 0 Å². The van der Waals surface area contributed by atoms with Gasteiger partial charge in [0.25, 0.3) is 5.91 Å². The van der Waals surface area contributed by atoms with E-state index in [2.05, 4.69) is 12.1 Å². The van der Waals surface area contributed by atoms with E-state index in [9.17, 15) is 4.79 Å². The summed E-state index contributed by atoms with van der Waals surface area (Å²) in [5.41, 5.74) is 7.73. The van der Waals surface area contributed by atoms with Gasteiger partial charge in [-0.15, -0.1) is 12.4 Å². The number of piperidine rings is 1. The number of rotatable bonds is 4. The summed E-state index contributed by atoms with van der Waals surface area (Å²) >= 11 is 0. The molecule has 0 spiro atoms. The quantitative estimate of drug-likeness (QED) is 0.913. The number of fused-ring (bicyclic) bond motifs is 1. The van der Waals surface area contributed by atoms with Crippen LogP contribution in [0.25, 0.3) is 0 Å². The van der Waals surface area contributed by atoms with Gasteiger partial charge in [-0.1, -0.05) is 12.1 Å². The van der Waals surface area contributed by atoms with Crippen molar-refractivity contribution in [1.82, 2.24) is 10.1 Å². The molecule has 1 aliphatic carbocycles. The number of carbonyl (C=O) groups excluding carboxylic acids is 1. The fraction of sp³-hybridized carbons (Fsp3) is 0.765. The Morgan fingerprint density at radius 1 is 1.35 bits per heavy atom. The summed E-state index contributed by atoms with van der Waals surface area (Å²) in [5, 5.41) is 4.14. The lowest BCUT2D eigenvalue weighted by molar-refractivity contribution is 0.0455. The minimum absolute atomic E-state index is 0. The van der Waals surface area contributed by atoms with Crippen molar-refractivity contribution < 1.29 is 9.32 Å². The highest BCUT2D eigenvalue weighted by molar-refractivity contribution is 5.93. The molecule has 1 aromatic rings. The first-order chi connectivity index (χ1) is 10.7. The fourth-order valence-electron chi connectivity index (χ4n) is 3.96. The number of likely N-dealkylation sites (tertiary alicyclic amines) is 1. The van der Waals surface area contributed by atoms with Gasteiger partial charge in [0.1, 0.15) is 0 Å². The fourth-order valence-corrected chi connectivity index (χ4v) is 3.96. The number of hydrogen-bond acceptors (Lipinski definition) is 4. The van der Waals surface area contributed by atoms with Gasteiger partial charge in [-0.05, 0) is 63.8 Å². The van der Waals surface area contributed by atoms with Crippen LogP contribution in [0.4, 0.5) is 0 Å². The van der Waals surface area contributed by atoms with E-state index >= 15 is 0 Å². The van der Waals surface area contributed by atoms with E-state index in [4.69, 9.17) is 10.3 Å². The lowest BCUT2D eigenvalue weighted by Gasteiger charge is -2.39. The van der Waals surface area contributed by atoms with E-state index in [1.165, 1.54) is 6.42 Å². The lowest BCUT2D eigenvalue weighted by atomic mass is 9.87. The number of carbonyl (C=O) groups is 1. The van der Waals surface area contributed by atoms with Gasteiger partial charge < -0.3 is 15.2 Å². The van der Waals surface area contributed by atoms with Crippen LogP contribution in [0.5, 0.6) is 0 Å². The molecule has 1 aliphatic heterocycles. The molecule has 130 valence electrons. The minimum Gasteiger partial charge on any atom is -0.350 e. The Kier molecular flexibility index (Phi) is 6.48. The SMILES string of the molecule is CC1CCCN(C(=O)c2onc3c2CCCC3)C1CCCN.Cl. The maximum Gasteiger partial charge on any atom is 0.293 e. The number of amides is 1. The van der Waals surface area contributed by atoms with Crippen LogP contribution in [0, 0.1) is 5.92 Å². The highest BCUT2D eigenvalue weighted by Gasteiger charge is 2.35. The second-order valence-electron chi connectivity index (χ2n) is 6.76. The third-order valence-electron chi connectivity index (χ3n) is 5.23. The van der Waals surface area contributed by atoms with Gasteiger partial charge in [0, 0.05) is 18.2 Å². The van der Waals surface area contributed by atoms with E-state index in [-0.39, 0.29) is 24.4 Å². The Bertz CT molecular complexity index is 532. The van der Waals surface area contributed by atoms with Crippen molar-refractivity contribution in [2.45, 2.75) is 64.3 Å². The normalized spacial score (nSPS) is 24.0. The number of nitrogens with two attached hydrogens (primary N) is 1. The lowest BCUT2D eigenvalue weighted by Crippen LogP contribution is -2.48. The van der Waals surface area contributed by atoms with Crippen LogP contribution < -0.4 is 5.73 Å². The van der Waals surface area contributed by atoms with E-state index in [1.807, 2.05) is 4.90 Å². The topological polar surface area (TPSA) is 72.4 Å². The molecule has 2 unspecified atom stereocenters. The van der Waals surface area contributed by atoms with E-state index in [0.717, 1.165) is 62.7 Å². The van der Waals surface area contributed by atoms with Gasteiger partial charge in [-0.3, -0.25) is 4.79 Å². The molecule has 23 heavy (non-hydrogen) atoms. The Balaban J connectivity index is 0.00000192. The number of aryl methyl sites for hydroxylation is 1. The van der Waals surface area contributed by atoms with Gasteiger partial charge in [0.2, 0.25) is 5.76 Å². The van der Waals surface area contributed by atoms with E-state index in [0.29, 0.717) is 18.2 Å². The zero-order valence-electron chi connectivity index (χ0n) is 13.9. The third kappa shape index (κ3) is 3.72. The monoisotopic (exact) mass is 341 g/mol. The molecule has 6 heteroatoms. The zero-order chi connectivity index (χ0) is 15.5. The molecular weight excluding hydrogens is 314 g/mol. The Labute approximate surface area is 144 Å². The molecule has 3 rings (SSSR count). The molecule has 0 radical (unpaired) electrons. The van der Waals surface area contributed by atoms with Crippen LogP contribution in [-0.4, -0.2) is 35.1 Å². The predicted octanol–water partition coefficient (Wildman–Crippen LogP) is 2.95. The standard InChI is InChI=1S/C17H27N3O2.ClH/c1-12-6-5-11-20(15(12)9-4-10-18)17(21)16-13-7-2-3-8-14(13)19-22-16;/h12,15H,2-11,18H2,1H3;1H. The van der Waals surface area contributed by atoms with Crippen molar-refractivity contribution in [2.24, 2.45) is 11.7 Å². The van der Waals surface area contributed by atoms with Crippen molar-refractivity contribution >= 4 is 18.3 Å². The Morgan fingerprint density at radius 2 is 2.13 bits per heavy atom. The first-order valence-corrected chi connectivity index (χ1v) is 8.70. The van der Waals surface area contributed by atoms with Crippen molar-refractivity contribution in [3.63, 3.8) is 0 Å². The van der Waals surface area contributed by atoms with Gasteiger partial charge in [0.15, 0.2) is 0 Å². The van der Waals surface area contributed by atoms with Crippen LogP contribution in [0.1, 0.15) is 67.3 Å². The second-order valence-corrected chi connectivity index (χ2v) is 6.76. The summed E-state index contributed by atoms with van der Waals surface area (Å²) in [5.74, 6) is 1.08. The molecule has 1 amide bonds. The molecule has 1 saturated heterocycles. The van der Waals surface area contributed by atoms with Crippen molar-refractivity contribution in [2.75, 3.05) is 13.1 Å². The Hall–Kier alpha value is -1.07.